The van der Waals surface area contributed by atoms with E-state index in [1.807, 2.05) is 12.3 Å². The monoisotopic (exact) mass is 512 g/mol. The molecule has 0 aromatic heterocycles. The van der Waals surface area contributed by atoms with Crippen LogP contribution in [0, 0.1) is 0 Å². The number of amides is 2. The van der Waals surface area contributed by atoms with E-state index in [0.717, 1.165) is 43.1 Å². The Balaban J connectivity index is 2.22. The van der Waals surface area contributed by atoms with E-state index in [-0.39, 0.29) is 11.8 Å². The molecule has 0 radical (unpaired) electrons. The zero-order valence-corrected chi connectivity index (χ0v) is 22.9. The summed E-state index contributed by atoms with van der Waals surface area (Å²) in [5, 5.41) is 5.89. The van der Waals surface area contributed by atoms with Gasteiger partial charge in [-0.05, 0) is 62.1 Å². The fourth-order valence-corrected chi connectivity index (χ4v) is 4.26. The molecule has 2 amide bonds. The number of unbranched alkanes of at least 4 members (excludes halogenated alkanes) is 4. The maximum atomic E-state index is 12.4. The largest absolute Gasteiger partial charge is 0.381 e. The molecule has 34 heavy (non-hydrogen) atoms. The minimum Gasteiger partial charge on any atom is -0.381 e. The molecule has 1 aromatic rings. The topological polar surface area (TPSA) is 76.7 Å². The Morgan fingerprint density at radius 1 is 0.882 bits per heavy atom. The lowest BCUT2D eigenvalue weighted by molar-refractivity contribution is -0.116. The molecule has 194 valence electrons. The highest BCUT2D eigenvalue weighted by Crippen LogP contribution is 2.26. The maximum absolute atomic E-state index is 12.4. The van der Waals surface area contributed by atoms with E-state index in [4.69, 9.17) is 9.47 Å². The van der Waals surface area contributed by atoms with Crippen LogP contribution >= 0.6 is 23.5 Å². The Morgan fingerprint density at radius 2 is 1.59 bits per heavy atom. The first-order valence-corrected chi connectivity index (χ1v) is 15.1. The van der Waals surface area contributed by atoms with E-state index in [9.17, 15) is 9.59 Å². The van der Waals surface area contributed by atoms with Gasteiger partial charge in [0.25, 0.3) is 5.91 Å². The quantitative estimate of drug-likeness (QED) is 0.155. The van der Waals surface area contributed by atoms with E-state index < -0.39 is 0 Å². The third-order valence-electron chi connectivity index (χ3n) is 5.21. The molecular weight excluding hydrogens is 468 g/mol. The number of thioether (sulfide) groups is 2. The van der Waals surface area contributed by atoms with Crippen LogP contribution in [0.5, 0.6) is 0 Å². The van der Waals surface area contributed by atoms with Gasteiger partial charge in [0.2, 0.25) is 5.91 Å². The van der Waals surface area contributed by atoms with Crippen molar-refractivity contribution in [3.05, 3.63) is 23.8 Å². The van der Waals surface area contributed by atoms with Crippen molar-refractivity contribution in [2.75, 3.05) is 56.6 Å². The fraction of sp³-hybridized carbons (Fsp3) is 0.692. The van der Waals surface area contributed by atoms with Crippen molar-refractivity contribution in [1.82, 2.24) is 5.32 Å². The molecule has 0 aliphatic carbocycles. The smallest absolute Gasteiger partial charge is 0.251 e. The van der Waals surface area contributed by atoms with Crippen LogP contribution in [0.3, 0.4) is 0 Å². The summed E-state index contributed by atoms with van der Waals surface area (Å²) >= 11 is 3.31. The maximum Gasteiger partial charge on any atom is 0.251 e. The molecule has 8 heteroatoms. The van der Waals surface area contributed by atoms with Crippen LogP contribution in [0.4, 0.5) is 5.69 Å². The van der Waals surface area contributed by atoms with Crippen molar-refractivity contribution in [3.63, 3.8) is 0 Å². The lowest BCUT2D eigenvalue weighted by Gasteiger charge is -2.12. The number of rotatable bonds is 21. The summed E-state index contributed by atoms with van der Waals surface area (Å²) in [6.45, 7) is 5.65. The van der Waals surface area contributed by atoms with Crippen LogP contribution in [-0.4, -0.2) is 63.1 Å². The second kappa shape index (κ2) is 21.1. The van der Waals surface area contributed by atoms with E-state index in [1.54, 1.807) is 35.7 Å². The molecular formula is C26H44N2O4S2. The highest BCUT2D eigenvalue weighted by atomic mass is 32.2. The zero-order valence-electron chi connectivity index (χ0n) is 21.3. The van der Waals surface area contributed by atoms with E-state index in [0.29, 0.717) is 43.9 Å². The predicted molar refractivity (Wildman–Crippen MR) is 146 cm³/mol. The zero-order chi connectivity index (χ0) is 24.9. The molecule has 2 N–H and O–H groups in total. The normalized spacial score (nSPS) is 10.9. The molecule has 1 aromatic carbocycles. The standard InChI is InChI=1S/C26H44N2O4S2/c1-4-5-6-7-8-16-31-18-11-19-32-17-9-12-25(29)28-23-21-22(13-14-24(23)34-3)26(30)27-15-10-20-33-2/h13-14,21H,4-12,15-20H2,1-3H3,(H,27,30)(H,28,29). The lowest BCUT2D eigenvalue weighted by Crippen LogP contribution is -2.25. The summed E-state index contributed by atoms with van der Waals surface area (Å²) in [7, 11) is 0. The average molecular weight is 513 g/mol. The van der Waals surface area contributed by atoms with Gasteiger partial charge >= 0.3 is 0 Å². The number of hydrogen-bond acceptors (Lipinski definition) is 6. The van der Waals surface area contributed by atoms with Gasteiger partial charge in [-0.1, -0.05) is 32.6 Å². The molecule has 0 unspecified atom stereocenters. The summed E-state index contributed by atoms with van der Waals surface area (Å²) < 4.78 is 11.3. The molecule has 1 rings (SSSR count). The van der Waals surface area contributed by atoms with E-state index in [2.05, 4.69) is 23.8 Å². The first-order valence-electron chi connectivity index (χ1n) is 12.5. The summed E-state index contributed by atoms with van der Waals surface area (Å²) in [5.74, 6) is 0.838. The molecule has 6 nitrogen and oxygen atoms in total. The molecule has 0 bridgehead atoms. The minimum atomic E-state index is -0.113. The predicted octanol–water partition coefficient (Wildman–Crippen LogP) is 6.00. The second-order valence-electron chi connectivity index (χ2n) is 8.16. The molecule has 0 saturated heterocycles. The van der Waals surface area contributed by atoms with Gasteiger partial charge in [-0.15, -0.1) is 11.8 Å². The van der Waals surface area contributed by atoms with Crippen molar-refractivity contribution in [1.29, 1.82) is 0 Å². The Labute approximate surface area is 215 Å². The van der Waals surface area contributed by atoms with Crippen molar-refractivity contribution >= 4 is 41.0 Å². The van der Waals surface area contributed by atoms with Gasteiger partial charge in [-0.3, -0.25) is 9.59 Å². The number of anilines is 1. The molecule has 0 spiro atoms. The van der Waals surface area contributed by atoms with Gasteiger partial charge in [-0.2, -0.15) is 11.8 Å². The molecule has 0 saturated carbocycles. The van der Waals surface area contributed by atoms with Crippen LogP contribution in [0.15, 0.2) is 23.1 Å². The van der Waals surface area contributed by atoms with Crippen LogP contribution < -0.4 is 10.6 Å². The summed E-state index contributed by atoms with van der Waals surface area (Å²) in [4.78, 5) is 25.7. The van der Waals surface area contributed by atoms with Crippen LogP contribution in [0.25, 0.3) is 0 Å². The Morgan fingerprint density at radius 3 is 2.29 bits per heavy atom. The van der Waals surface area contributed by atoms with Gasteiger partial charge < -0.3 is 20.1 Å². The van der Waals surface area contributed by atoms with Crippen molar-refractivity contribution < 1.29 is 19.1 Å². The van der Waals surface area contributed by atoms with Crippen LogP contribution in [0.1, 0.15) is 75.1 Å². The third kappa shape index (κ3) is 14.9. The molecule has 0 atom stereocenters. The first-order chi connectivity index (χ1) is 16.6. The Bertz CT molecular complexity index is 689. The van der Waals surface area contributed by atoms with E-state index >= 15 is 0 Å². The molecule has 0 heterocycles. The average Bonchev–Trinajstić information content (AvgIpc) is 2.84. The van der Waals surface area contributed by atoms with Crippen LogP contribution in [0.2, 0.25) is 0 Å². The fourth-order valence-electron chi connectivity index (χ4n) is 3.29. The summed E-state index contributed by atoms with van der Waals surface area (Å²) in [6, 6.07) is 5.44. The number of carbonyl (C=O) groups excluding carboxylic acids is 2. The van der Waals surface area contributed by atoms with Gasteiger partial charge in [0, 0.05) is 49.9 Å². The third-order valence-corrected chi connectivity index (χ3v) is 6.70. The van der Waals surface area contributed by atoms with Crippen molar-refractivity contribution in [3.8, 4) is 0 Å². The van der Waals surface area contributed by atoms with Crippen molar-refractivity contribution in [2.24, 2.45) is 0 Å². The Hall–Kier alpha value is -1.22. The molecule has 0 fully saturated rings. The first kappa shape index (κ1) is 30.8. The SMILES string of the molecule is CCCCCCCOCCCOCCCC(=O)Nc1cc(C(=O)NCCCSC)ccc1SC. The van der Waals surface area contributed by atoms with Gasteiger partial charge in [-0.25, -0.2) is 0 Å². The Kier molecular flexibility index (Phi) is 19.1. The van der Waals surface area contributed by atoms with Crippen LogP contribution in [-0.2, 0) is 14.3 Å². The second-order valence-corrected chi connectivity index (χ2v) is 10.00. The minimum absolute atomic E-state index is 0.0668. The number of carbonyl (C=O) groups is 2. The van der Waals surface area contributed by atoms with Crippen molar-refractivity contribution in [2.45, 2.75) is 69.6 Å². The van der Waals surface area contributed by atoms with Gasteiger partial charge in [0.15, 0.2) is 0 Å². The van der Waals surface area contributed by atoms with E-state index in [1.165, 1.54) is 25.7 Å². The number of nitrogens with one attached hydrogen (secondary N) is 2. The number of benzene rings is 1. The lowest BCUT2D eigenvalue weighted by atomic mass is 10.1. The molecule has 0 aliphatic heterocycles. The highest BCUT2D eigenvalue weighted by molar-refractivity contribution is 7.98. The molecule has 0 aliphatic rings. The number of ether oxygens (including phenoxy) is 2. The number of hydrogen-bond donors (Lipinski definition) is 2. The van der Waals surface area contributed by atoms with Gasteiger partial charge in [0.1, 0.15) is 0 Å². The van der Waals surface area contributed by atoms with Gasteiger partial charge in [0.05, 0.1) is 5.69 Å². The summed E-state index contributed by atoms with van der Waals surface area (Å²) in [6.07, 6.45) is 13.1. The summed E-state index contributed by atoms with van der Waals surface area (Å²) in [5.41, 5.74) is 1.24. The highest BCUT2D eigenvalue weighted by Gasteiger charge is 2.11.